The highest BCUT2D eigenvalue weighted by Gasteiger charge is 2.14. The Hall–Kier alpha value is -1.45. The van der Waals surface area contributed by atoms with Gasteiger partial charge < -0.3 is 14.8 Å². The molecule has 0 saturated carbocycles. The van der Waals surface area contributed by atoms with Crippen molar-refractivity contribution < 1.29 is 10.2 Å². The van der Waals surface area contributed by atoms with Crippen LogP contribution in [0.5, 0.6) is 11.5 Å². The number of hydrogen-bond donors (Lipinski definition) is 2. The van der Waals surface area contributed by atoms with Gasteiger partial charge in [-0.15, -0.1) is 0 Å². The van der Waals surface area contributed by atoms with E-state index in [0.717, 1.165) is 31.7 Å². The van der Waals surface area contributed by atoms with Gasteiger partial charge in [-0.1, -0.05) is 33.1 Å². The molecule has 0 saturated heterocycles. The smallest absolute Gasteiger partial charge is 0.254 e. The van der Waals surface area contributed by atoms with Crippen LogP contribution in [0.25, 0.3) is 0 Å². The predicted molar refractivity (Wildman–Crippen MR) is 72.1 cm³/mol. The average Bonchev–Trinajstić information content (AvgIpc) is 2.35. The van der Waals surface area contributed by atoms with E-state index < -0.39 is 0 Å². The van der Waals surface area contributed by atoms with Gasteiger partial charge in [0.15, 0.2) is 11.5 Å². The highest BCUT2D eigenvalue weighted by molar-refractivity contribution is 5.40. The number of aromatic hydroxyl groups is 2. The molecule has 0 fully saturated rings. The first-order chi connectivity index (χ1) is 8.51. The Morgan fingerprint density at radius 3 is 2.56 bits per heavy atom. The summed E-state index contributed by atoms with van der Waals surface area (Å²) in [6.07, 6.45) is 4.38. The number of hydrogen-bond acceptors (Lipinski definition) is 3. The Morgan fingerprint density at radius 1 is 1.33 bits per heavy atom. The van der Waals surface area contributed by atoms with Gasteiger partial charge in [0.1, 0.15) is 0 Å². The van der Waals surface area contributed by atoms with Gasteiger partial charge >= 0.3 is 0 Å². The SMILES string of the molecule is CCCCC(CC)Cn1c(C)c(O)c(O)cc1=O. The fourth-order valence-corrected chi connectivity index (χ4v) is 2.14. The van der Waals surface area contributed by atoms with Crippen molar-refractivity contribution in [3.05, 3.63) is 22.1 Å². The summed E-state index contributed by atoms with van der Waals surface area (Å²) in [5.74, 6) is -0.0967. The summed E-state index contributed by atoms with van der Waals surface area (Å²) in [4.78, 5) is 11.8. The average molecular weight is 253 g/mol. The summed E-state index contributed by atoms with van der Waals surface area (Å²) < 4.78 is 1.55. The van der Waals surface area contributed by atoms with Crippen LogP contribution in [0, 0.1) is 12.8 Å². The van der Waals surface area contributed by atoms with Crippen molar-refractivity contribution in [1.29, 1.82) is 0 Å². The first kappa shape index (κ1) is 14.6. The molecule has 1 unspecified atom stereocenters. The summed E-state index contributed by atoms with van der Waals surface area (Å²) >= 11 is 0. The second-order valence-electron chi connectivity index (χ2n) is 4.83. The highest BCUT2D eigenvalue weighted by Crippen LogP contribution is 2.26. The van der Waals surface area contributed by atoms with Gasteiger partial charge in [0.25, 0.3) is 5.56 Å². The van der Waals surface area contributed by atoms with E-state index in [1.165, 1.54) is 0 Å². The Labute approximate surface area is 108 Å². The Bertz CT molecular complexity index is 451. The summed E-state index contributed by atoms with van der Waals surface area (Å²) in [7, 11) is 0. The standard InChI is InChI=1S/C14H23NO3/c1-4-6-7-11(5-2)9-15-10(3)14(18)12(16)8-13(15)17/h8,11,16,18H,4-7,9H2,1-3H3. The Balaban J connectivity index is 2.96. The maximum atomic E-state index is 11.8. The summed E-state index contributed by atoms with van der Waals surface area (Å²) in [5.41, 5.74) is 0.188. The molecule has 18 heavy (non-hydrogen) atoms. The number of pyridine rings is 1. The van der Waals surface area contributed by atoms with E-state index in [0.29, 0.717) is 18.2 Å². The minimum absolute atomic E-state index is 0.194. The van der Waals surface area contributed by atoms with Gasteiger partial charge in [0.2, 0.25) is 0 Å². The molecule has 0 aliphatic heterocycles. The van der Waals surface area contributed by atoms with Crippen LogP contribution in [-0.2, 0) is 6.54 Å². The van der Waals surface area contributed by atoms with Crippen LogP contribution < -0.4 is 5.56 Å². The molecule has 0 aliphatic carbocycles. The van der Waals surface area contributed by atoms with Gasteiger partial charge in [-0.2, -0.15) is 0 Å². The zero-order chi connectivity index (χ0) is 13.7. The van der Waals surface area contributed by atoms with Gasteiger partial charge in [0.05, 0.1) is 5.69 Å². The molecule has 1 rings (SSSR count). The predicted octanol–water partition coefficient (Wildman–Crippen LogP) is 2.78. The summed E-state index contributed by atoms with van der Waals surface area (Å²) in [5, 5.41) is 19.0. The van der Waals surface area contributed by atoms with E-state index in [1.807, 2.05) is 0 Å². The third-order valence-electron chi connectivity index (χ3n) is 3.50. The largest absolute Gasteiger partial charge is 0.504 e. The van der Waals surface area contributed by atoms with Crippen LogP contribution in [0.2, 0.25) is 0 Å². The van der Waals surface area contributed by atoms with Crippen molar-refractivity contribution in [1.82, 2.24) is 4.57 Å². The van der Waals surface area contributed by atoms with Crippen molar-refractivity contribution in [2.24, 2.45) is 5.92 Å². The van der Waals surface area contributed by atoms with E-state index in [-0.39, 0.29) is 17.1 Å². The molecule has 1 atom stereocenters. The fourth-order valence-electron chi connectivity index (χ4n) is 2.14. The van der Waals surface area contributed by atoms with Crippen LogP contribution in [0.4, 0.5) is 0 Å². The molecule has 1 aromatic heterocycles. The molecule has 1 aromatic rings. The van der Waals surface area contributed by atoms with Crippen LogP contribution in [-0.4, -0.2) is 14.8 Å². The quantitative estimate of drug-likeness (QED) is 0.819. The molecule has 2 N–H and O–H groups in total. The summed E-state index contributed by atoms with van der Waals surface area (Å²) in [6.45, 7) is 6.52. The molecule has 4 heteroatoms. The van der Waals surface area contributed by atoms with E-state index in [9.17, 15) is 15.0 Å². The maximum absolute atomic E-state index is 11.8. The zero-order valence-corrected chi connectivity index (χ0v) is 11.4. The Morgan fingerprint density at radius 2 is 2.00 bits per heavy atom. The van der Waals surface area contributed by atoms with Crippen molar-refractivity contribution >= 4 is 0 Å². The third-order valence-corrected chi connectivity index (χ3v) is 3.50. The molecule has 4 nitrogen and oxygen atoms in total. The second kappa shape index (κ2) is 6.47. The number of aromatic nitrogens is 1. The summed E-state index contributed by atoms with van der Waals surface area (Å²) in [6, 6.07) is 1.08. The van der Waals surface area contributed by atoms with Gasteiger partial charge in [-0.05, 0) is 19.3 Å². The molecule has 102 valence electrons. The van der Waals surface area contributed by atoms with Gasteiger partial charge in [-0.3, -0.25) is 4.79 Å². The number of unbranched alkanes of at least 4 members (excludes halogenated alkanes) is 1. The second-order valence-corrected chi connectivity index (χ2v) is 4.83. The van der Waals surface area contributed by atoms with Gasteiger partial charge in [-0.25, -0.2) is 0 Å². The Kier molecular flexibility index (Phi) is 5.25. The van der Waals surface area contributed by atoms with Crippen LogP contribution in [0.1, 0.15) is 45.2 Å². The third kappa shape index (κ3) is 3.28. The van der Waals surface area contributed by atoms with E-state index in [2.05, 4.69) is 13.8 Å². The molecule has 0 radical (unpaired) electrons. The fraction of sp³-hybridized carbons (Fsp3) is 0.643. The van der Waals surface area contributed by atoms with Crippen LogP contribution in [0.3, 0.4) is 0 Å². The monoisotopic (exact) mass is 253 g/mol. The maximum Gasteiger partial charge on any atom is 0.254 e. The van der Waals surface area contributed by atoms with E-state index in [4.69, 9.17) is 0 Å². The zero-order valence-electron chi connectivity index (χ0n) is 11.4. The molecule has 0 bridgehead atoms. The van der Waals surface area contributed by atoms with E-state index >= 15 is 0 Å². The molecular weight excluding hydrogens is 230 g/mol. The molecule has 0 aliphatic rings. The highest BCUT2D eigenvalue weighted by atomic mass is 16.3. The number of rotatable bonds is 6. The lowest BCUT2D eigenvalue weighted by molar-refractivity contribution is 0.360. The van der Waals surface area contributed by atoms with Crippen molar-refractivity contribution in [3.63, 3.8) is 0 Å². The molecular formula is C14H23NO3. The number of nitrogens with zero attached hydrogens (tertiary/aromatic N) is 1. The minimum atomic E-state index is -0.338. The van der Waals surface area contributed by atoms with Gasteiger partial charge in [0, 0.05) is 12.6 Å². The first-order valence-electron chi connectivity index (χ1n) is 6.63. The lowest BCUT2D eigenvalue weighted by Crippen LogP contribution is -2.25. The van der Waals surface area contributed by atoms with Crippen molar-refractivity contribution in [2.75, 3.05) is 0 Å². The van der Waals surface area contributed by atoms with E-state index in [1.54, 1.807) is 11.5 Å². The lowest BCUT2D eigenvalue weighted by atomic mass is 9.99. The normalized spacial score (nSPS) is 12.6. The molecule has 0 spiro atoms. The topological polar surface area (TPSA) is 62.5 Å². The lowest BCUT2D eigenvalue weighted by Gasteiger charge is -2.18. The van der Waals surface area contributed by atoms with Crippen LogP contribution in [0.15, 0.2) is 10.9 Å². The molecule has 0 aromatic carbocycles. The van der Waals surface area contributed by atoms with Crippen LogP contribution >= 0.6 is 0 Å². The van der Waals surface area contributed by atoms with Crippen molar-refractivity contribution in [2.45, 2.75) is 53.0 Å². The first-order valence-corrected chi connectivity index (χ1v) is 6.63. The molecule has 0 amide bonds. The van der Waals surface area contributed by atoms with Crippen molar-refractivity contribution in [3.8, 4) is 11.5 Å². The molecule has 1 heterocycles. The minimum Gasteiger partial charge on any atom is -0.504 e.